The van der Waals surface area contributed by atoms with Crippen LogP contribution in [0.5, 0.6) is 0 Å². The number of halogens is 1. The Labute approximate surface area is 172 Å². The van der Waals surface area contributed by atoms with E-state index in [9.17, 15) is 9.59 Å². The molecule has 0 saturated heterocycles. The largest absolute Gasteiger partial charge is 0.352 e. The maximum absolute atomic E-state index is 12.6. The van der Waals surface area contributed by atoms with Crippen LogP contribution in [-0.2, 0) is 30.6 Å². The summed E-state index contributed by atoms with van der Waals surface area (Å²) in [6.07, 6.45) is 3.76. The summed E-state index contributed by atoms with van der Waals surface area (Å²) >= 11 is 7.73. The van der Waals surface area contributed by atoms with E-state index in [1.54, 1.807) is 17.4 Å². The highest BCUT2D eigenvalue weighted by molar-refractivity contribution is 7.18. The molecule has 2 heterocycles. The highest BCUT2D eigenvalue weighted by Crippen LogP contribution is 2.35. The first-order valence-corrected chi connectivity index (χ1v) is 10.7. The molecule has 3 aromatic rings. The Kier molecular flexibility index (Phi) is 5.51. The second-order valence-corrected chi connectivity index (χ2v) is 8.90. The molecule has 28 heavy (non-hydrogen) atoms. The molecular weight excluding hydrogens is 394 g/mol. The number of hydrogen-bond acceptors (Lipinski definition) is 4. The Bertz CT molecular complexity index is 1090. The first-order chi connectivity index (χ1) is 13.5. The lowest BCUT2D eigenvalue weighted by Gasteiger charge is -2.17. The predicted octanol–water partition coefficient (Wildman–Crippen LogP) is 4.01. The van der Waals surface area contributed by atoms with Gasteiger partial charge in [0.1, 0.15) is 10.7 Å². The summed E-state index contributed by atoms with van der Waals surface area (Å²) in [6.45, 7) is 2.63. The zero-order valence-corrected chi connectivity index (χ0v) is 17.3. The van der Waals surface area contributed by atoms with Crippen molar-refractivity contribution in [2.45, 2.75) is 45.6 Å². The van der Waals surface area contributed by atoms with Crippen molar-refractivity contribution in [3.8, 4) is 0 Å². The number of rotatable bonds is 5. The molecule has 146 valence electrons. The quantitative estimate of drug-likeness (QED) is 0.661. The van der Waals surface area contributed by atoms with E-state index in [0.717, 1.165) is 35.0 Å². The first kappa shape index (κ1) is 19.2. The fourth-order valence-electron chi connectivity index (χ4n) is 3.67. The zero-order chi connectivity index (χ0) is 19.7. The molecule has 0 unspecified atom stereocenters. The molecule has 0 aliphatic heterocycles. The van der Waals surface area contributed by atoms with Crippen molar-refractivity contribution < 1.29 is 4.79 Å². The van der Waals surface area contributed by atoms with Gasteiger partial charge in [-0.25, -0.2) is 4.98 Å². The third-order valence-electron chi connectivity index (χ3n) is 5.24. The van der Waals surface area contributed by atoms with E-state index < -0.39 is 0 Å². The van der Waals surface area contributed by atoms with E-state index in [1.807, 2.05) is 18.2 Å². The summed E-state index contributed by atoms with van der Waals surface area (Å²) in [6, 6.07) is 7.43. The Morgan fingerprint density at radius 3 is 3.04 bits per heavy atom. The minimum atomic E-state index is -0.0954. The molecule has 0 spiro atoms. The molecule has 7 heteroatoms. The van der Waals surface area contributed by atoms with Crippen molar-refractivity contribution in [1.29, 1.82) is 0 Å². The normalized spacial score (nSPS) is 16.1. The van der Waals surface area contributed by atoms with Crippen LogP contribution in [0.4, 0.5) is 0 Å². The van der Waals surface area contributed by atoms with Crippen LogP contribution in [0.3, 0.4) is 0 Å². The van der Waals surface area contributed by atoms with Gasteiger partial charge in [-0.05, 0) is 42.4 Å². The molecule has 1 aromatic carbocycles. The smallest absolute Gasteiger partial charge is 0.259 e. The van der Waals surface area contributed by atoms with Gasteiger partial charge in [0.15, 0.2) is 0 Å². The lowest BCUT2D eigenvalue weighted by Crippen LogP contribution is -2.24. The monoisotopic (exact) mass is 415 g/mol. The number of H-pyrrole nitrogens is 1. The summed E-state index contributed by atoms with van der Waals surface area (Å²) in [4.78, 5) is 34.4. The molecule has 4 rings (SSSR count). The van der Waals surface area contributed by atoms with Gasteiger partial charge in [0.05, 0.1) is 5.39 Å². The van der Waals surface area contributed by atoms with Crippen LogP contribution in [0.1, 0.15) is 41.6 Å². The fourth-order valence-corrected chi connectivity index (χ4v) is 5.27. The van der Waals surface area contributed by atoms with E-state index in [4.69, 9.17) is 11.6 Å². The van der Waals surface area contributed by atoms with Gasteiger partial charge in [0.2, 0.25) is 5.91 Å². The minimum Gasteiger partial charge on any atom is -0.352 e. The number of aromatic nitrogens is 2. The third-order valence-corrected chi connectivity index (χ3v) is 6.75. The number of carbonyl (C=O) groups is 1. The number of hydrogen-bond donors (Lipinski definition) is 2. The van der Waals surface area contributed by atoms with Crippen LogP contribution in [0.25, 0.3) is 10.2 Å². The summed E-state index contributed by atoms with van der Waals surface area (Å²) in [7, 11) is 0. The van der Waals surface area contributed by atoms with E-state index >= 15 is 0 Å². The van der Waals surface area contributed by atoms with E-state index in [2.05, 4.69) is 22.2 Å². The number of carbonyl (C=O) groups excluding carboxylic acids is 1. The van der Waals surface area contributed by atoms with Crippen LogP contribution in [0.15, 0.2) is 29.1 Å². The molecule has 1 aliphatic rings. The van der Waals surface area contributed by atoms with Crippen LogP contribution in [-0.4, -0.2) is 15.9 Å². The van der Waals surface area contributed by atoms with Gasteiger partial charge in [-0.2, -0.15) is 0 Å². The van der Waals surface area contributed by atoms with Crippen molar-refractivity contribution in [2.24, 2.45) is 5.92 Å². The van der Waals surface area contributed by atoms with Gasteiger partial charge < -0.3 is 10.3 Å². The van der Waals surface area contributed by atoms with Gasteiger partial charge in [-0.1, -0.05) is 36.7 Å². The summed E-state index contributed by atoms with van der Waals surface area (Å²) < 4.78 is 0. The predicted molar refractivity (Wildman–Crippen MR) is 113 cm³/mol. The number of aromatic amines is 1. The highest BCUT2D eigenvalue weighted by Gasteiger charge is 2.23. The van der Waals surface area contributed by atoms with Crippen molar-refractivity contribution in [3.63, 3.8) is 0 Å². The Balaban J connectivity index is 1.43. The summed E-state index contributed by atoms with van der Waals surface area (Å²) in [5.74, 6) is 1.12. The maximum atomic E-state index is 12.6. The molecule has 0 radical (unpaired) electrons. The van der Waals surface area contributed by atoms with Gasteiger partial charge in [-0.15, -0.1) is 11.3 Å². The fraction of sp³-hybridized carbons (Fsp3) is 0.381. The SMILES string of the molecule is C[C@@H]1CCc2c(sc3nc(CCC(=O)NCc4ccccc4Cl)[nH]c(=O)c23)C1. The number of thiophene rings is 1. The summed E-state index contributed by atoms with van der Waals surface area (Å²) in [5, 5.41) is 4.25. The zero-order valence-electron chi connectivity index (χ0n) is 15.7. The molecule has 2 aromatic heterocycles. The molecular formula is C21H22ClN3O2S. The first-order valence-electron chi connectivity index (χ1n) is 9.55. The second-order valence-electron chi connectivity index (χ2n) is 7.41. The number of amides is 1. The number of nitrogens with one attached hydrogen (secondary N) is 2. The number of fused-ring (bicyclic) bond motifs is 3. The molecule has 5 nitrogen and oxygen atoms in total. The van der Waals surface area contributed by atoms with Crippen molar-refractivity contribution in [3.05, 3.63) is 61.5 Å². The Morgan fingerprint density at radius 2 is 2.21 bits per heavy atom. The Morgan fingerprint density at radius 1 is 1.39 bits per heavy atom. The third kappa shape index (κ3) is 3.98. The Hall–Kier alpha value is -2.18. The van der Waals surface area contributed by atoms with Crippen LogP contribution in [0.2, 0.25) is 5.02 Å². The van der Waals surface area contributed by atoms with E-state index in [-0.39, 0.29) is 17.9 Å². The van der Waals surface area contributed by atoms with Crippen molar-refractivity contribution >= 4 is 39.1 Å². The number of benzene rings is 1. The molecule has 1 aliphatic carbocycles. The number of aryl methyl sites for hydroxylation is 2. The molecule has 0 fully saturated rings. The molecule has 0 bridgehead atoms. The van der Waals surface area contributed by atoms with Crippen molar-refractivity contribution in [2.75, 3.05) is 0 Å². The van der Waals surface area contributed by atoms with Gasteiger partial charge >= 0.3 is 0 Å². The minimum absolute atomic E-state index is 0.0801. The van der Waals surface area contributed by atoms with E-state index in [1.165, 1.54) is 10.4 Å². The topological polar surface area (TPSA) is 74.8 Å². The van der Waals surface area contributed by atoms with Crippen LogP contribution < -0.4 is 10.9 Å². The van der Waals surface area contributed by atoms with Gasteiger partial charge in [0, 0.05) is 29.3 Å². The molecule has 2 N–H and O–H groups in total. The number of nitrogens with zero attached hydrogens (tertiary/aromatic N) is 1. The van der Waals surface area contributed by atoms with Gasteiger partial charge in [-0.3, -0.25) is 9.59 Å². The average molecular weight is 416 g/mol. The molecule has 1 amide bonds. The lowest BCUT2D eigenvalue weighted by molar-refractivity contribution is -0.121. The standard InChI is InChI=1S/C21H22ClN3O2S/c1-12-6-7-14-16(10-12)28-21-19(14)20(27)24-17(25-21)8-9-18(26)23-11-13-4-2-3-5-15(13)22/h2-5,12H,6-11H2,1H3,(H,23,26)(H,24,25,27)/t12-/m1/s1. The van der Waals surface area contributed by atoms with Gasteiger partial charge in [0.25, 0.3) is 5.56 Å². The highest BCUT2D eigenvalue weighted by atomic mass is 35.5. The van der Waals surface area contributed by atoms with Crippen LogP contribution in [0, 0.1) is 5.92 Å². The molecule has 0 saturated carbocycles. The van der Waals surface area contributed by atoms with Crippen LogP contribution >= 0.6 is 22.9 Å². The summed E-state index contributed by atoms with van der Waals surface area (Å²) in [5.41, 5.74) is 1.98. The van der Waals surface area contributed by atoms with Crippen molar-refractivity contribution in [1.82, 2.24) is 15.3 Å². The second kappa shape index (κ2) is 8.05. The molecule has 1 atom stereocenters. The maximum Gasteiger partial charge on any atom is 0.259 e. The lowest BCUT2D eigenvalue weighted by atomic mass is 9.89. The average Bonchev–Trinajstić information content (AvgIpc) is 3.03. The van der Waals surface area contributed by atoms with E-state index in [0.29, 0.717) is 29.7 Å².